The molecule has 7 heteroatoms. The van der Waals surface area contributed by atoms with Crippen LogP contribution >= 0.6 is 0 Å². The zero-order valence-electron chi connectivity index (χ0n) is 39.2. The van der Waals surface area contributed by atoms with Crippen molar-refractivity contribution >= 4 is 28.5 Å². The summed E-state index contributed by atoms with van der Waals surface area (Å²) in [6, 6.07) is 38.6. The van der Waals surface area contributed by atoms with E-state index in [1.807, 2.05) is 133 Å². The van der Waals surface area contributed by atoms with Crippen molar-refractivity contribution in [1.82, 2.24) is 10.6 Å². The molecule has 344 valence electrons. The Kier molecular flexibility index (Phi) is 14.8. The number of rotatable bonds is 16. The van der Waals surface area contributed by atoms with E-state index in [1.165, 1.54) is 0 Å². The molecule has 4 aromatic carbocycles. The minimum Gasteiger partial charge on any atom is -0.396 e. The first-order chi connectivity index (χ1) is 32.1. The fraction of sp³-hybridized carbons (Fsp3) is 0.407. The number of aliphatic hydroxyl groups is 2. The van der Waals surface area contributed by atoms with E-state index in [9.17, 15) is 10.2 Å². The topological polar surface area (TPSA) is 116 Å². The molecule has 8 rings (SSSR count). The van der Waals surface area contributed by atoms with E-state index < -0.39 is 34.5 Å². The molecule has 2 fully saturated rings. The standard InChI is InChI=1S/C59H68N2O5/c1-39(2)53(37-62)58(33-49(55(64)43-23-13-7-14-24-43)47(41-19-9-5-10-20-41)31-51(58)45-27-17-29-60-35-45)57(66)59(54(38-63)40(3)4)34-50(56(65)44-25-15-8-16-26-44)48(42-21-11-6-12-22-42)32-52(59)46-28-18-30-61-36-46/h5-16,19-26,31-34,39-40,45-46,51-54,60-63H,17-18,27-30,35-38H2,1-4H3. The van der Waals surface area contributed by atoms with Crippen molar-refractivity contribution < 1.29 is 24.6 Å². The van der Waals surface area contributed by atoms with Gasteiger partial charge in [0.1, 0.15) is 0 Å². The van der Waals surface area contributed by atoms with Gasteiger partial charge in [-0.1, -0.05) is 173 Å². The third-order valence-corrected chi connectivity index (χ3v) is 15.6. The number of Topliss-reactive ketones (excluding diaryl/α,β-unsaturated/α-hetero) is 3. The highest BCUT2D eigenvalue weighted by molar-refractivity contribution is 6.21. The van der Waals surface area contributed by atoms with Gasteiger partial charge in [-0.25, -0.2) is 0 Å². The molecule has 8 atom stereocenters. The minimum atomic E-state index is -1.47. The predicted octanol–water partition coefficient (Wildman–Crippen LogP) is 10.1. The minimum absolute atomic E-state index is 0.0364. The number of aliphatic hydroxyl groups excluding tert-OH is 2. The Morgan fingerprint density at radius 1 is 0.545 bits per heavy atom. The first-order valence-electron chi connectivity index (χ1n) is 24.4. The number of benzene rings is 4. The molecule has 0 radical (unpaired) electrons. The molecular weight excluding hydrogens is 817 g/mol. The van der Waals surface area contributed by atoms with Crippen molar-refractivity contribution in [2.45, 2.75) is 53.4 Å². The molecule has 2 saturated heterocycles. The zero-order chi connectivity index (χ0) is 46.4. The number of piperidine rings is 2. The average Bonchev–Trinajstić information content (AvgIpc) is 3.37. The van der Waals surface area contributed by atoms with E-state index in [2.05, 4.69) is 50.5 Å². The molecule has 0 bridgehead atoms. The molecule has 7 nitrogen and oxygen atoms in total. The van der Waals surface area contributed by atoms with Crippen molar-refractivity contribution in [3.8, 4) is 0 Å². The molecule has 0 saturated carbocycles. The molecule has 2 aliphatic carbocycles. The van der Waals surface area contributed by atoms with Crippen LogP contribution in [0, 0.1) is 58.2 Å². The van der Waals surface area contributed by atoms with Gasteiger partial charge in [0.15, 0.2) is 17.3 Å². The van der Waals surface area contributed by atoms with Gasteiger partial charge in [-0.2, -0.15) is 0 Å². The average molecular weight is 885 g/mol. The number of nitrogens with one attached hydrogen (secondary N) is 2. The van der Waals surface area contributed by atoms with Crippen LogP contribution in [-0.2, 0) is 4.79 Å². The SMILES string of the molecule is CC(C)C(CO)C1(C(=O)C2(C(CO)C(C)C)C=C(C(=O)c3ccccc3)C(c3ccccc3)=CC2C2CCCNC2)C=C(C(=O)c2ccccc2)C(c2ccccc2)=CC1C1CCCNC1. The maximum Gasteiger partial charge on any atom is 0.193 e. The Hall–Kier alpha value is -5.31. The van der Waals surface area contributed by atoms with Gasteiger partial charge < -0.3 is 20.8 Å². The maximum atomic E-state index is 18.0. The number of carbonyl (C=O) groups is 3. The summed E-state index contributed by atoms with van der Waals surface area (Å²) in [4.78, 5) is 48.8. The molecule has 2 aliphatic heterocycles. The number of ketones is 3. The van der Waals surface area contributed by atoms with E-state index in [0.29, 0.717) is 35.4 Å². The van der Waals surface area contributed by atoms with Crippen molar-refractivity contribution in [3.63, 3.8) is 0 Å². The Morgan fingerprint density at radius 3 is 1.20 bits per heavy atom. The van der Waals surface area contributed by atoms with Crippen molar-refractivity contribution in [3.05, 3.63) is 179 Å². The predicted molar refractivity (Wildman–Crippen MR) is 265 cm³/mol. The fourth-order valence-electron chi connectivity index (χ4n) is 12.3. The first kappa shape index (κ1) is 47.2. The molecule has 4 aliphatic rings. The highest BCUT2D eigenvalue weighted by Gasteiger charge is 2.64. The molecule has 8 unspecified atom stereocenters. The van der Waals surface area contributed by atoms with Crippen LogP contribution in [0.3, 0.4) is 0 Å². The van der Waals surface area contributed by atoms with Crippen molar-refractivity contribution in [1.29, 1.82) is 0 Å². The summed E-state index contributed by atoms with van der Waals surface area (Å²) in [7, 11) is 0. The third-order valence-electron chi connectivity index (χ3n) is 15.6. The third kappa shape index (κ3) is 8.83. The van der Waals surface area contributed by atoms with Gasteiger partial charge in [0.05, 0.1) is 10.8 Å². The van der Waals surface area contributed by atoms with Crippen LogP contribution < -0.4 is 10.6 Å². The van der Waals surface area contributed by atoms with E-state index >= 15 is 14.4 Å². The number of allylic oxidation sites excluding steroid dienone is 8. The van der Waals surface area contributed by atoms with E-state index in [1.54, 1.807) is 0 Å². The lowest BCUT2D eigenvalue weighted by molar-refractivity contribution is -0.153. The summed E-state index contributed by atoms with van der Waals surface area (Å²) in [6.45, 7) is 10.7. The number of hydrogen-bond acceptors (Lipinski definition) is 7. The normalized spacial score (nSPS) is 26.7. The summed E-state index contributed by atoms with van der Waals surface area (Å²) in [5, 5.41) is 31.4. The van der Waals surface area contributed by atoms with Crippen LogP contribution in [0.1, 0.15) is 85.2 Å². The molecular formula is C59H68N2O5. The second kappa shape index (κ2) is 20.7. The molecule has 0 spiro atoms. The maximum absolute atomic E-state index is 18.0. The van der Waals surface area contributed by atoms with Crippen molar-refractivity contribution in [2.75, 3.05) is 39.4 Å². The van der Waals surface area contributed by atoms with Gasteiger partial charge in [0.2, 0.25) is 0 Å². The highest BCUT2D eigenvalue weighted by Crippen LogP contribution is 2.62. The quantitative estimate of drug-likeness (QED) is 0.0829. The van der Waals surface area contributed by atoms with Crippen LogP contribution in [-0.4, -0.2) is 67.0 Å². The molecule has 4 N–H and O–H groups in total. The number of carbonyl (C=O) groups excluding carboxylic acids is 3. The molecule has 2 heterocycles. The highest BCUT2D eigenvalue weighted by atomic mass is 16.3. The number of hydrogen-bond donors (Lipinski definition) is 4. The molecule has 0 aromatic heterocycles. The Balaban J connectivity index is 1.51. The van der Waals surface area contributed by atoms with Crippen LogP contribution in [0.25, 0.3) is 11.1 Å². The lowest BCUT2D eigenvalue weighted by Crippen LogP contribution is -2.62. The largest absolute Gasteiger partial charge is 0.396 e. The summed E-state index contributed by atoms with van der Waals surface area (Å²) in [6.07, 6.45) is 12.0. The Labute approximate surface area is 392 Å². The van der Waals surface area contributed by atoms with Crippen LogP contribution in [0.2, 0.25) is 0 Å². The van der Waals surface area contributed by atoms with Gasteiger partial charge >= 0.3 is 0 Å². The second-order valence-electron chi connectivity index (χ2n) is 19.9. The van der Waals surface area contributed by atoms with Crippen LogP contribution in [0.5, 0.6) is 0 Å². The smallest absolute Gasteiger partial charge is 0.193 e. The van der Waals surface area contributed by atoms with Gasteiger partial charge in [0.25, 0.3) is 0 Å². The van der Waals surface area contributed by atoms with E-state index in [-0.39, 0.29) is 54.2 Å². The van der Waals surface area contributed by atoms with Gasteiger partial charge in [-0.3, -0.25) is 14.4 Å². The Morgan fingerprint density at radius 2 is 0.894 bits per heavy atom. The van der Waals surface area contributed by atoms with Crippen molar-refractivity contribution in [2.24, 2.45) is 58.2 Å². The molecule has 0 amide bonds. The van der Waals surface area contributed by atoms with Gasteiger partial charge in [-0.05, 0) is 110 Å². The van der Waals surface area contributed by atoms with Crippen LogP contribution in [0.15, 0.2) is 157 Å². The van der Waals surface area contributed by atoms with Gasteiger partial charge in [-0.15, -0.1) is 0 Å². The van der Waals surface area contributed by atoms with E-state index in [4.69, 9.17) is 0 Å². The first-order valence-corrected chi connectivity index (χ1v) is 24.4. The summed E-state index contributed by atoms with van der Waals surface area (Å²) in [5.74, 6) is -3.22. The zero-order valence-corrected chi connectivity index (χ0v) is 39.2. The molecule has 66 heavy (non-hydrogen) atoms. The molecule has 4 aromatic rings. The van der Waals surface area contributed by atoms with Gasteiger partial charge in [0, 0.05) is 47.3 Å². The summed E-state index contributed by atoms with van der Waals surface area (Å²) in [5.41, 5.74) is 2.25. The van der Waals surface area contributed by atoms with Crippen LogP contribution in [0.4, 0.5) is 0 Å². The monoisotopic (exact) mass is 885 g/mol. The fourth-order valence-corrected chi connectivity index (χ4v) is 12.3. The second-order valence-corrected chi connectivity index (χ2v) is 19.9. The Bertz CT molecular complexity index is 2270. The summed E-state index contributed by atoms with van der Waals surface area (Å²) >= 11 is 0. The summed E-state index contributed by atoms with van der Waals surface area (Å²) < 4.78 is 0. The lowest BCUT2D eigenvalue weighted by atomic mass is 9.44. The van der Waals surface area contributed by atoms with E-state index in [0.717, 1.165) is 61.0 Å². The lowest BCUT2D eigenvalue weighted by Gasteiger charge is -2.57.